The summed E-state index contributed by atoms with van der Waals surface area (Å²) in [5.41, 5.74) is 2.17. The summed E-state index contributed by atoms with van der Waals surface area (Å²) in [6.45, 7) is 0. The van der Waals surface area contributed by atoms with E-state index < -0.39 is 6.04 Å². The average Bonchev–Trinajstić information content (AvgIpc) is 2.64. The minimum absolute atomic E-state index is 0.122. The quantitative estimate of drug-likeness (QED) is 0.871. The van der Waals surface area contributed by atoms with Gasteiger partial charge in [-0.05, 0) is 29.3 Å². The van der Waals surface area contributed by atoms with Crippen LogP contribution in [0.2, 0.25) is 0 Å². The number of ether oxygens (including phenoxy) is 1. The lowest BCUT2D eigenvalue weighted by Gasteiger charge is -2.32. The zero-order chi connectivity index (χ0) is 17.8. The topological polar surface area (TPSA) is 58.6 Å². The zero-order valence-corrected chi connectivity index (χ0v) is 14.2. The molecule has 1 N–H and O–H groups in total. The fourth-order valence-corrected chi connectivity index (χ4v) is 2.81. The van der Waals surface area contributed by atoms with Gasteiger partial charge in [-0.2, -0.15) is 0 Å². The van der Waals surface area contributed by atoms with Gasteiger partial charge in [0.2, 0.25) is 5.91 Å². The Morgan fingerprint density at radius 1 is 1.08 bits per heavy atom. The number of hydrogen-bond acceptors (Lipinski definition) is 3. The monoisotopic (exact) mass is 336 g/mol. The summed E-state index contributed by atoms with van der Waals surface area (Å²) in [6.07, 6.45) is 2.18. The van der Waals surface area contributed by atoms with Gasteiger partial charge in [0.15, 0.2) is 0 Å². The van der Waals surface area contributed by atoms with Crippen LogP contribution in [0.4, 0.5) is 0 Å². The first kappa shape index (κ1) is 16.8. The highest BCUT2D eigenvalue weighted by Crippen LogP contribution is 2.19. The van der Waals surface area contributed by atoms with Gasteiger partial charge in [-0.15, -0.1) is 0 Å². The molecule has 0 aromatic heterocycles. The standard InChI is InChI=1S/C20H20N2O3/c1-22-18(13-15-8-10-16(25-2)11-9-15)19(23)21-17(20(22)24)12-14-6-4-3-5-7-14/h3-11,13,17H,12H2,1-2H3,(H,21,23)/b18-13-/t17-/m1/s1. The number of methoxy groups -OCH3 is 1. The van der Waals surface area contributed by atoms with E-state index in [9.17, 15) is 9.59 Å². The largest absolute Gasteiger partial charge is 0.497 e. The molecule has 3 rings (SSSR count). The molecule has 0 radical (unpaired) electrons. The number of carbonyl (C=O) groups excluding carboxylic acids is 2. The summed E-state index contributed by atoms with van der Waals surface area (Å²) in [5, 5.41) is 2.81. The van der Waals surface area contributed by atoms with Crippen LogP contribution in [0.15, 0.2) is 60.3 Å². The summed E-state index contributed by atoms with van der Waals surface area (Å²) in [6, 6.07) is 16.4. The molecule has 0 bridgehead atoms. The first-order chi connectivity index (χ1) is 12.1. The molecule has 25 heavy (non-hydrogen) atoms. The molecule has 2 amide bonds. The molecule has 128 valence electrons. The smallest absolute Gasteiger partial charge is 0.268 e. The molecule has 0 spiro atoms. The fourth-order valence-electron chi connectivity index (χ4n) is 2.81. The zero-order valence-electron chi connectivity index (χ0n) is 14.2. The maximum atomic E-state index is 12.6. The van der Waals surface area contributed by atoms with E-state index in [1.54, 1.807) is 20.2 Å². The number of likely N-dealkylation sites (N-methyl/N-ethyl adjacent to an activating group) is 1. The summed E-state index contributed by atoms with van der Waals surface area (Å²) in [5.74, 6) is 0.365. The Morgan fingerprint density at radius 2 is 1.76 bits per heavy atom. The van der Waals surface area contributed by atoms with Crippen LogP contribution < -0.4 is 10.1 Å². The molecule has 1 fully saturated rings. The predicted octanol–water partition coefficient (Wildman–Crippen LogP) is 2.24. The third-order valence-corrected chi connectivity index (χ3v) is 4.23. The van der Waals surface area contributed by atoms with Gasteiger partial charge >= 0.3 is 0 Å². The molecular weight excluding hydrogens is 316 g/mol. The molecule has 2 aromatic rings. The normalized spacial score (nSPS) is 19.0. The second kappa shape index (κ2) is 7.21. The third kappa shape index (κ3) is 3.71. The molecule has 0 unspecified atom stereocenters. The van der Waals surface area contributed by atoms with Crippen molar-refractivity contribution in [3.63, 3.8) is 0 Å². The highest BCUT2D eigenvalue weighted by molar-refractivity contribution is 6.07. The Kier molecular flexibility index (Phi) is 4.84. The lowest BCUT2D eigenvalue weighted by atomic mass is 10.0. The third-order valence-electron chi connectivity index (χ3n) is 4.23. The van der Waals surface area contributed by atoms with Crippen molar-refractivity contribution in [1.29, 1.82) is 0 Å². The number of rotatable bonds is 4. The number of piperazine rings is 1. The van der Waals surface area contributed by atoms with Crippen molar-refractivity contribution in [3.8, 4) is 5.75 Å². The van der Waals surface area contributed by atoms with Crippen LogP contribution in [0.5, 0.6) is 5.75 Å². The van der Waals surface area contributed by atoms with Crippen LogP contribution in [0, 0.1) is 0 Å². The van der Waals surface area contributed by atoms with Crippen LogP contribution in [0.3, 0.4) is 0 Å². The molecule has 5 nitrogen and oxygen atoms in total. The van der Waals surface area contributed by atoms with Crippen molar-refractivity contribution in [3.05, 3.63) is 71.4 Å². The summed E-state index contributed by atoms with van der Waals surface area (Å²) < 4.78 is 5.12. The highest BCUT2D eigenvalue weighted by Gasteiger charge is 2.34. The maximum Gasteiger partial charge on any atom is 0.268 e. The van der Waals surface area contributed by atoms with Crippen LogP contribution in [-0.2, 0) is 16.0 Å². The van der Waals surface area contributed by atoms with Gasteiger partial charge in [0.05, 0.1) is 7.11 Å². The minimum atomic E-state index is -0.548. The lowest BCUT2D eigenvalue weighted by Crippen LogP contribution is -2.56. The number of carbonyl (C=O) groups is 2. The average molecular weight is 336 g/mol. The van der Waals surface area contributed by atoms with E-state index in [4.69, 9.17) is 4.74 Å². The van der Waals surface area contributed by atoms with Crippen LogP contribution >= 0.6 is 0 Å². The lowest BCUT2D eigenvalue weighted by molar-refractivity contribution is -0.138. The van der Waals surface area contributed by atoms with Gasteiger partial charge in [-0.25, -0.2) is 0 Å². The Labute approximate surface area is 146 Å². The first-order valence-electron chi connectivity index (χ1n) is 8.06. The summed E-state index contributed by atoms with van der Waals surface area (Å²) in [4.78, 5) is 26.5. The van der Waals surface area contributed by atoms with Gasteiger partial charge in [0, 0.05) is 13.5 Å². The number of amides is 2. The van der Waals surface area contributed by atoms with Crippen molar-refractivity contribution in [2.75, 3.05) is 14.2 Å². The Hall–Kier alpha value is -3.08. The summed E-state index contributed by atoms with van der Waals surface area (Å²) >= 11 is 0. The fraction of sp³-hybridized carbons (Fsp3) is 0.200. The molecule has 1 heterocycles. The molecule has 2 aromatic carbocycles. The van der Waals surface area contributed by atoms with Crippen LogP contribution in [0.1, 0.15) is 11.1 Å². The second-order valence-electron chi connectivity index (χ2n) is 5.92. The first-order valence-corrected chi connectivity index (χ1v) is 8.06. The van der Waals surface area contributed by atoms with Gasteiger partial charge in [0.1, 0.15) is 17.5 Å². The van der Waals surface area contributed by atoms with E-state index in [0.29, 0.717) is 12.1 Å². The maximum absolute atomic E-state index is 12.6. The van der Waals surface area contributed by atoms with Crippen molar-refractivity contribution in [2.24, 2.45) is 0 Å². The molecule has 0 saturated carbocycles. The SMILES string of the molecule is COc1ccc(/C=C2/C(=O)N[C@H](Cc3ccccc3)C(=O)N2C)cc1. The molecular formula is C20H20N2O3. The van der Waals surface area contributed by atoms with E-state index in [2.05, 4.69) is 5.32 Å². The Bertz CT molecular complexity index is 797. The highest BCUT2D eigenvalue weighted by atomic mass is 16.5. The van der Waals surface area contributed by atoms with Gasteiger partial charge in [-0.3, -0.25) is 9.59 Å². The molecule has 0 aliphatic carbocycles. The van der Waals surface area contributed by atoms with Gasteiger partial charge in [-0.1, -0.05) is 42.5 Å². The number of benzene rings is 2. The molecule has 1 aliphatic heterocycles. The van der Waals surface area contributed by atoms with Gasteiger partial charge < -0.3 is 15.0 Å². The number of nitrogens with one attached hydrogen (secondary N) is 1. The van der Waals surface area contributed by atoms with Crippen molar-refractivity contribution in [2.45, 2.75) is 12.5 Å². The van der Waals surface area contributed by atoms with E-state index in [-0.39, 0.29) is 11.8 Å². The Morgan fingerprint density at radius 3 is 2.40 bits per heavy atom. The van der Waals surface area contributed by atoms with Crippen LogP contribution in [-0.4, -0.2) is 36.9 Å². The molecule has 5 heteroatoms. The predicted molar refractivity (Wildman–Crippen MR) is 95.8 cm³/mol. The van der Waals surface area contributed by atoms with Crippen molar-refractivity contribution in [1.82, 2.24) is 10.2 Å². The Balaban J connectivity index is 1.79. The second-order valence-corrected chi connectivity index (χ2v) is 5.92. The van der Waals surface area contributed by atoms with Crippen molar-refractivity contribution >= 4 is 17.9 Å². The number of nitrogens with zero attached hydrogens (tertiary/aromatic N) is 1. The van der Waals surface area contributed by atoms with Gasteiger partial charge in [0.25, 0.3) is 5.91 Å². The molecule has 1 aliphatic rings. The minimum Gasteiger partial charge on any atom is -0.497 e. The van der Waals surface area contributed by atoms with E-state index in [0.717, 1.165) is 16.9 Å². The van der Waals surface area contributed by atoms with Crippen LogP contribution in [0.25, 0.3) is 6.08 Å². The van der Waals surface area contributed by atoms with Crippen molar-refractivity contribution < 1.29 is 14.3 Å². The van der Waals surface area contributed by atoms with E-state index in [1.807, 2.05) is 54.6 Å². The van der Waals surface area contributed by atoms with E-state index in [1.165, 1.54) is 4.90 Å². The number of hydrogen-bond donors (Lipinski definition) is 1. The molecule has 1 saturated heterocycles. The summed E-state index contributed by atoms with van der Waals surface area (Å²) in [7, 11) is 3.23. The van der Waals surface area contributed by atoms with E-state index >= 15 is 0 Å². The molecule has 1 atom stereocenters.